The van der Waals surface area contributed by atoms with Crippen LogP contribution in [-0.4, -0.2) is 54.2 Å². The van der Waals surface area contributed by atoms with Gasteiger partial charge < -0.3 is 4.74 Å². The van der Waals surface area contributed by atoms with E-state index in [1.54, 1.807) is 30.3 Å². The molecule has 132 valence electrons. The third-order valence-corrected chi connectivity index (χ3v) is 3.77. The number of carbonyl (C=O) groups excluding carboxylic acids is 3. The lowest BCUT2D eigenvalue weighted by molar-refractivity contribution is -0.123. The van der Waals surface area contributed by atoms with E-state index in [4.69, 9.17) is 5.41 Å². The van der Waals surface area contributed by atoms with E-state index in [-0.39, 0.29) is 17.3 Å². The summed E-state index contributed by atoms with van der Waals surface area (Å²) in [6, 6.07) is 5.97. The van der Waals surface area contributed by atoms with Crippen molar-refractivity contribution in [2.45, 2.75) is 13.8 Å². The van der Waals surface area contributed by atoms with Gasteiger partial charge in [0.25, 0.3) is 5.91 Å². The number of rotatable bonds is 4. The van der Waals surface area contributed by atoms with E-state index in [0.29, 0.717) is 17.7 Å². The summed E-state index contributed by atoms with van der Waals surface area (Å²) in [6.07, 6.45) is 1.54. The molecule has 0 radical (unpaired) electrons. The summed E-state index contributed by atoms with van der Waals surface area (Å²) >= 11 is 0. The molecule has 1 heterocycles. The molecule has 25 heavy (non-hydrogen) atoms. The lowest BCUT2D eigenvalue weighted by atomic mass is 10.0. The number of esters is 1. The van der Waals surface area contributed by atoms with Crippen LogP contribution in [0.2, 0.25) is 0 Å². The molecule has 0 bridgehead atoms. The Hall–Kier alpha value is -2.96. The zero-order valence-electron chi connectivity index (χ0n) is 14.7. The summed E-state index contributed by atoms with van der Waals surface area (Å²) in [5.74, 6) is -0.925. The average molecular weight is 343 g/mol. The second-order valence-corrected chi connectivity index (χ2v) is 6.17. The summed E-state index contributed by atoms with van der Waals surface area (Å²) in [5.41, 5.74) is 1.17. The molecule has 0 aromatic heterocycles. The van der Waals surface area contributed by atoms with Crippen LogP contribution in [0, 0.1) is 11.3 Å². The van der Waals surface area contributed by atoms with Crippen LogP contribution >= 0.6 is 0 Å². The molecule has 0 unspecified atom stereocenters. The van der Waals surface area contributed by atoms with Crippen molar-refractivity contribution in [3.8, 4) is 0 Å². The molecule has 1 aliphatic rings. The van der Waals surface area contributed by atoms with Gasteiger partial charge in [-0.05, 0) is 29.7 Å². The summed E-state index contributed by atoms with van der Waals surface area (Å²) in [7, 11) is 2.70. The Kier molecular flexibility index (Phi) is 5.36. The molecule has 1 aromatic carbocycles. The van der Waals surface area contributed by atoms with Gasteiger partial charge in [-0.15, -0.1) is 0 Å². The molecule has 1 saturated heterocycles. The number of methoxy groups -OCH3 is 1. The van der Waals surface area contributed by atoms with Crippen molar-refractivity contribution in [2.75, 3.05) is 20.7 Å². The highest BCUT2D eigenvalue weighted by Crippen LogP contribution is 2.20. The quantitative estimate of drug-likeness (QED) is 0.671. The van der Waals surface area contributed by atoms with Crippen LogP contribution in [0.15, 0.2) is 29.8 Å². The van der Waals surface area contributed by atoms with Gasteiger partial charge in [-0.25, -0.2) is 9.59 Å². The van der Waals surface area contributed by atoms with Gasteiger partial charge >= 0.3 is 12.0 Å². The first-order valence-corrected chi connectivity index (χ1v) is 7.84. The number of urea groups is 1. The topological polar surface area (TPSA) is 90.8 Å². The smallest absolute Gasteiger partial charge is 0.337 e. The van der Waals surface area contributed by atoms with Gasteiger partial charge in [0.05, 0.1) is 18.2 Å². The molecule has 1 aliphatic heterocycles. The monoisotopic (exact) mass is 343 g/mol. The molecule has 1 fully saturated rings. The fourth-order valence-electron chi connectivity index (χ4n) is 2.46. The Labute approximate surface area is 146 Å². The molecule has 0 spiro atoms. The number of benzene rings is 1. The van der Waals surface area contributed by atoms with Crippen LogP contribution in [0.1, 0.15) is 29.8 Å². The van der Waals surface area contributed by atoms with Crippen LogP contribution in [-0.2, 0) is 9.53 Å². The van der Waals surface area contributed by atoms with Gasteiger partial charge in [0.15, 0.2) is 0 Å². The molecular weight excluding hydrogens is 322 g/mol. The van der Waals surface area contributed by atoms with E-state index < -0.39 is 17.9 Å². The number of imide groups is 1. The second-order valence-electron chi connectivity index (χ2n) is 6.17. The van der Waals surface area contributed by atoms with Crippen LogP contribution < -0.4 is 0 Å². The normalized spacial score (nSPS) is 16.8. The molecule has 0 saturated carbocycles. The Bertz CT molecular complexity index is 750. The fourth-order valence-corrected chi connectivity index (χ4v) is 2.46. The minimum atomic E-state index is -0.521. The molecule has 2 rings (SSSR count). The summed E-state index contributed by atoms with van der Waals surface area (Å²) in [6.45, 7) is 4.23. The van der Waals surface area contributed by atoms with E-state index >= 15 is 0 Å². The Balaban J connectivity index is 2.36. The first-order chi connectivity index (χ1) is 11.8. The first-order valence-electron chi connectivity index (χ1n) is 7.84. The van der Waals surface area contributed by atoms with Gasteiger partial charge in [-0.2, -0.15) is 0 Å². The maximum Gasteiger partial charge on any atom is 0.337 e. The minimum absolute atomic E-state index is 0.112. The average Bonchev–Trinajstić information content (AvgIpc) is 2.60. The number of amidine groups is 1. The van der Waals surface area contributed by atoms with Crippen LogP contribution in [0.4, 0.5) is 4.79 Å². The van der Waals surface area contributed by atoms with E-state index in [1.807, 2.05) is 13.8 Å². The maximum absolute atomic E-state index is 12.4. The molecule has 7 heteroatoms. The zero-order chi connectivity index (χ0) is 18.7. The Morgan fingerprint density at radius 1 is 1.24 bits per heavy atom. The fraction of sp³-hybridized carbons (Fsp3) is 0.333. The Morgan fingerprint density at radius 3 is 2.36 bits per heavy atom. The third kappa shape index (κ3) is 3.76. The number of hydrogen-bond acceptors (Lipinski definition) is 5. The van der Waals surface area contributed by atoms with Crippen molar-refractivity contribution in [3.05, 3.63) is 41.0 Å². The van der Waals surface area contributed by atoms with Gasteiger partial charge in [0.2, 0.25) is 0 Å². The predicted octanol–water partition coefficient (Wildman–Crippen LogP) is 2.38. The minimum Gasteiger partial charge on any atom is -0.465 e. The van der Waals surface area contributed by atoms with Gasteiger partial charge in [0.1, 0.15) is 5.84 Å². The molecule has 3 amide bonds. The summed E-state index contributed by atoms with van der Waals surface area (Å²) in [4.78, 5) is 38.4. The highest BCUT2D eigenvalue weighted by Gasteiger charge is 2.37. The van der Waals surface area contributed by atoms with Crippen molar-refractivity contribution in [3.63, 3.8) is 0 Å². The summed E-state index contributed by atoms with van der Waals surface area (Å²) in [5, 5.41) is 8.25. The molecule has 0 aliphatic carbocycles. The van der Waals surface area contributed by atoms with Crippen molar-refractivity contribution >= 4 is 29.8 Å². The number of nitrogens with zero attached hydrogens (tertiary/aromatic N) is 2. The molecule has 1 aromatic rings. The number of nitrogens with one attached hydrogen (secondary N) is 1. The van der Waals surface area contributed by atoms with Crippen LogP contribution in [0.25, 0.3) is 6.08 Å². The number of amides is 3. The highest BCUT2D eigenvalue weighted by molar-refractivity contribution is 6.31. The summed E-state index contributed by atoms with van der Waals surface area (Å²) < 4.78 is 4.64. The van der Waals surface area contributed by atoms with Crippen LogP contribution in [0.5, 0.6) is 0 Å². The largest absolute Gasteiger partial charge is 0.465 e. The zero-order valence-corrected chi connectivity index (χ0v) is 14.7. The van der Waals surface area contributed by atoms with Crippen molar-refractivity contribution in [2.24, 2.45) is 5.92 Å². The van der Waals surface area contributed by atoms with Gasteiger partial charge in [0, 0.05) is 13.6 Å². The lowest BCUT2D eigenvalue weighted by Crippen LogP contribution is -2.55. The molecule has 1 N–H and O–H groups in total. The predicted molar refractivity (Wildman–Crippen MR) is 93.2 cm³/mol. The Morgan fingerprint density at radius 2 is 1.84 bits per heavy atom. The number of ether oxygens (including phenoxy) is 1. The van der Waals surface area contributed by atoms with Gasteiger partial charge in [-0.3, -0.25) is 20.0 Å². The third-order valence-electron chi connectivity index (χ3n) is 3.77. The highest BCUT2D eigenvalue weighted by atomic mass is 16.5. The van der Waals surface area contributed by atoms with E-state index in [9.17, 15) is 14.4 Å². The van der Waals surface area contributed by atoms with E-state index in [0.717, 1.165) is 4.90 Å². The van der Waals surface area contributed by atoms with E-state index in [2.05, 4.69) is 4.74 Å². The van der Waals surface area contributed by atoms with Crippen molar-refractivity contribution < 1.29 is 19.1 Å². The number of likely N-dealkylation sites (N-methyl/N-ethyl adjacent to an activating group) is 1. The van der Waals surface area contributed by atoms with Crippen molar-refractivity contribution in [1.82, 2.24) is 9.80 Å². The van der Waals surface area contributed by atoms with Crippen LogP contribution in [0.3, 0.4) is 0 Å². The van der Waals surface area contributed by atoms with Gasteiger partial charge in [-0.1, -0.05) is 26.0 Å². The maximum atomic E-state index is 12.4. The molecule has 0 atom stereocenters. The SMILES string of the molecule is COC(=O)c1ccc(C=C2C(=N)N(CC(C)C)C(=O)N(C)C2=O)cc1. The lowest BCUT2D eigenvalue weighted by Gasteiger charge is -2.34. The standard InChI is InChI=1S/C18H21N3O4/c1-11(2)10-21-15(19)14(16(22)20(3)18(21)24)9-12-5-7-13(8-6-12)17(23)25-4/h5-9,11,19H,10H2,1-4H3. The number of hydrogen-bond donors (Lipinski definition) is 1. The first kappa shape index (κ1) is 18.4. The van der Waals surface area contributed by atoms with Crippen molar-refractivity contribution in [1.29, 1.82) is 5.41 Å². The van der Waals surface area contributed by atoms with E-state index in [1.165, 1.54) is 19.1 Å². The second kappa shape index (κ2) is 7.29. The number of carbonyl (C=O) groups is 3. The molecular formula is C18H21N3O4. The molecule has 7 nitrogen and oxygen atoms in total.